The van der Waals surface area contributed by atoms with E-state index in [1.54, 1.807) is 0 Å². The Kier molecular flexibility index (Phi) is 14.1. The average Bonchev–Trinajstić information content (AvgIpc) is 3.20. The van der Waals surface area contributed by atoms with Gasteiger partial charge in [-0.15, -0.1) is 0 Å². The Bertz CT molecular complexity index is 372. The van der Waals surface area contributed by atoms with Gasteiger partial charge < -0.3 is 11.1 Å². The second-order valence-corrected chi connectivity index (χ2v) is 7.07. The zero-order chi connectivity index (χ0) is 19.1. The lowest BCUT2D eigenvalue weighted by Crippen LogP contribution is -2.27. The molecule has 2 atom stereocenters. The van der Waals surface area contributed by atoms with Gasteiger partial charge in [0.1, 0.15) is 12.0 Å². The van der Waals surface area contributed by atoms with Gasteiger partial charge in [-0.05, 0) is 32.1 Å². The second kappa shape index (κ2) is 14.9. The molecule has 4 nitrogen and oxygen atoms in total. The quantitative estimate of drug-likeness (QED) is 0.606. The molecule has 1 amide bonds. The van der Waals surface area contributed by atoms with E-state index in [0.717, 1.165) is 31.7 Å². The predicted molar refractivity (Wildman–Crippen MR) is 102 cm³/mol. The number of hydrogen-bond acceptors (Lipinski definition) is 3. The van der Waals surface area contributed by atoms with Gasteiger partial charge in [0, 0.05) is 12.2 Å². The van der Waals surface area contributed by atoms with Gasteiger partial charge in [0.25, 0.3) is 0 Å². The molecule has 0 aromatic carbocycles. The van der Waals surface area contributed by atoms with Crippen LogP contribution in [0, 0.1) is 11.8 Å². The minimum absolute atomic E-state index is 0.0451. The maximum Gasteiger partial charge on any atom is 0.207 e. The number of ketones is 1. The number of allylic oxidation sites excluding steroid dienone is 1. The molecule has 0 heterocycles. The highest BCUT2D eigenvalue weighted by atomic mass is 19.1. The zero-order valence-electron chi connectivity index (χ0n) is 16.1. The van der Waals surface area contributed by atoms with Crippen LogP contribution in [0.5, 0.6) is 0 Å². The number of rotatable bonds is 9. The van der Waals surface area contributed by atoms with Gasteiger partial charge in [-0.2, -0.15) is 0 Å². The molecule has 2 rings (SSSR count). The standard InChI is InChI=1S/C10H18FNO.C5H9NO.C5H10/c1-4-5-6-9(8(3)13)10(11)7(2)12;7-4-6-3-5-1-2-5;1-2-4-5-3-1/h9-10H,2,4-6,12H2,1,3H3;4-5H,1-3H2,(H,6,7);1-5H2. The first kappa shape index (κ1) is 23.6. The van der Waals surface area contributed by atoms with E-state index in [9.17, 15) is 14.0 Å². The number of Topliss-reactive ketones (excluding diaryl/α,β-unsaturated/α-hetero) is 1. The van der Waals surface area contributed by atoms with Crippen LogP contribution in [0.25, 0.3) is 0 Å². The van der Waals surface area contributed by atoms with Crippen molar-refractivity contribution in [2.75, 3.05) is 6.54 Å². The van der Waals surface area contributed by atoms with Crippen molar-refractivity contribution in [3.8, 4) is 0 Å². The number of halogens is 1. The van der Waals surface area contributed by atoms with Gasteiger partial charge in [-0.25, -0.2) is 4.39 Å². The van der Waals surface area contributed by atoms with E-state index in [1.165, 1.54) is 51.9 Å². The first-order valence-corrected chi connectivity index (χ1v) is 9.69. The van der Waals surface area contributed by atoms with Crippen LogP contribution in [0.3, 0.4) is 0 Å². The molecular formula is C20H37FN2O2. The zero-order valence-corrected chi connectivity index (χ0v) is 16.1. The van der Waals surface area contributed by atoms with Gasteiger partial charge in [0.15, 0.2) is 0 Å². The summed E-state index contributed by atoms with van der Waals surface area (Å²) in [6.45, 7) is 7.61. The summed E-state index contributed by atoms with van der Waals surface area (Å²) in [7, 11) is 0. The molecule has 25 heavy (non-hydrogen) atoms. The van der Waals surface area contributed by atoms with Crippen LogP contribution in [0.1, 0.15) is 78.1 Å². The summed E-state index contributed by atoms with van der Waals surface area (Å²) < 4.78 is 13.3. The van der Waals surface area contributed by atoms with E-state index < -0.39 is 12.1 Å². The van der Waals surface area contributed by atoms with Crippen LogP contribution in [0.4, 0.5) is 4.39 Å². The molecule has 0 aromatic heterocycles. The number of carbonyl (C=O) groups excluding carboxylic acids is 2. The van der Waals surface area contributed by atoms with Crippen LogP contribution in [0.15, 0.2) is 12.3 Å². The molecule has 0 aliphatic heterocycles. The van der Waals surface area contributed by atoms with Crippen molar-refractivity contribution in [1.29, 1.82) is 0 Å². The first-order chi connectivity index (χ1) is 11.9. The average molecular weight is 357 g/mol. The summed E-state index contributed by atoms with van der Waals surface area (Å²) in [6, 6.07) is 0. The van der Waals surface area contributed by atoms with Gasteiger partial charge in [0.05, 0.1) is 5.92 Å². The molecule has 2 saturated carbocycles. The normalized spacial score (nSPS) is 17.9. The number of amides is 1. The summed E-state index contributed by atoms with van der Waals surface area (Å²) >= 11 is 0. The third kappa shape index (κ3) is 13.6. The van der Waals surface area contributed by atoms with Crippen LogP contribution < -0.4 is 11.1 Å². The molecule has 2 aliphatic carbocycles. The SMILES string of the molecule is C1CCCC1.C=C(N)C(F)C(CCCC)C(C)=O.O=CNCC1CC1. The highest BCUT2D eigenvalue weighted by Gasteiger charge is 2.25. The predicted octanol–water partition coefficient (Wildman–Crippen LogP) is 4.29. The molecule has 0 saturated heterocycles. The van der Waals surface area contributed by atoms with Crippen molar-refractivity contribution in [3.63, 3.8) is 0 Å². The van der Waals surface area contributed by atoms with Crippen molar-refractivity contribution in [1.82, 2.24) is 5.32 Å². The Balaban J connectivity index is 0.000000393. The minimum Gasteiger partial charge on any atom is -0.400 e. The lowest BCUT2D eigenvalue weighted by atomic mass is 9.92. The highest BCUT2D eigenvalue weighted by molar-refractivity contribution is 5.79. The lowest BCUT2D eigenvalue weighted by molar-refractivity contribution is -0.122. The Labute approximate surface area is 152 Å². The summed E-state index contributed by atoms with van der Waals surface area (Å²) in [5, 5.41) is 2.63. The Morgan fingerprint density at radius 3 is 2.12 bits per heavy atom. The molecule has 0 spiro atoms. The highest BCUT2D eigenvalue weighted by Crippen LogP contribution is 2.27. The lowest BCUT2D eigenvalue weighted by Gasteiger charge is -2.17. The van der Waals surface area contributed by atoms with Crippen molar-refractivity contribution < 1.29 is 14.0 Å². The van der Waals surface area contributed by atoms with E-state index in [2.05, 4.69) is 11.9 Å². The van der Waals surface area contributed by atoms with E-state index in [-0.39, 0.29) is 11.5 Å². The summed E-state index contributed by atoms with van der Waals surface area (Å²) in [5.74, 6) is 0.0650. The van der Waals surface area contributed by atoms with Crippen molar-refractivity contribution in [2.24, 2.45) is 17.6 Å². The molecule has 2 aliphatic rings. The van der Waals surface area contributed by atoms with E-state index in [1.807, 2.05) is 6.92 Å². The topological polar surface area (TPSA) is 72.2 Å². The van der Waals surface area contributed by atoms with Crippen molar-refractivity contribution >= 4 is 12.2 Å². The van der Waals surface area contributed by atoms with Crippen molar-refractivity contribution in [3.05, 3.63) is 12.3 Å². The van der Waals surface area contributed by atoms with Crippen LogP contribution in [-0.4, -0.2) is 24.9 Å². The number of unbranched alkanes of at least 4 members (excludes halogenated alkanes) is 1. The van der Waals surface area contributed by atoms with E-state index in [0.29, 0.717) is 6.42 Å². The summed E-state index contributed by atoms with van der Waals surface area (Å²) in [6.07, 6.45) is 11.8. The second-order valence-electron chi connectivity index (χ2n) is 7.07. The third-order valence-corrected chi connectivity index (χ3v) is 4.54. The fourth-order valence-electron chi connectivity index (χ4n) is 2.66. The largest absolute Gasteiger partial charge is 0.400 e. The maximum absolute atomic E-state index is 13.3. The van der Waals surface area contributed by atoms with Gasteiger partial charge in [0.2, 0.25) is 6.41 Å². The van der Waals surface area contributed by atoms with Crippen LogP contribution in [-0.2, 0) is 9.59 Å². The molecule has 0 radical (unpaired) electrons. The molecule has 2 fully saturated rings. The smallest absolute Gasteiger partial charge is 0.207 e. The van der Waals surface area contributed by atoms with Gasteiger partial charge in [-0.1, -0.05) is 58.4 Å². The minimum atomic E-state index is -1.39. The third-order valence-electron chi connectivity index (χ3n) is 4.54. The number of alkyl halides is 1. The van der Waals surface area contributed by atoms with E-state index >= 15 is 0 Å². The Hall–Kier alpha value is -1.39. The molecule has 3 N–H and O–H groups in total. The Morgan fingerprint density at radius 1 is 1.28 bits per heavy atom. The Morgan fingerprint density at radius 2 is 1.80 bits per heavy atom. The number of hydrogen-bond donors (Lipinski definition) is 2. The van der Waals surface area contributed by atoms with E-state index in [4.69, 9.17) is 5.73 Å². The number of nitrogens with one attached hydrogen (secondary N) is 1. The number of carbonyl (C=O) groups is 2. The molecule has 146 valence electrons. The summed E-state index contributed by atoms with van der Waals surface area (Å²) in [5.41, 5.74) is 5.18. The number of nitrogens with two attached hydrogens (primary N) is 1. The van der Waals surface area contributed by atoms with Gasteiger partial charge >= 0.3 is 0 Å². The van der Waals surface area contributed by atoms with Gasteiger partial charge in [-0.3, -0.25) is 9.59 Å². The molecule has 2 unspecified atom stereocenters. The van der Waals surface area contributed by atoms with Crippen LogP contribution >= 0.6 is 0 Å². The molecule has 0 aromatic rings. The fraction of sp³-hybridized carbons (Fsp3) is 0.800. The molecule has 0 bridgehead atoms. The maximum atomic E-state index is 13.3. The summed E-state index contributed by atoms with van der Waals surface area (Å²) in [4.78, 5) is 20.7. The monoisotopic (exact) mass is 356 g/mol. The van der Waals surface area contributed by atoms with Crippen LogP contribution in [0.2, 0.25) is 0 Å². The first-order valence-electron chi connectivity index (χ1n) is 9.69. The molecule has 5 heteroatoms. The molecular weight excluding hydrogens is 319 g/mol. The van der Waals surface area contributed by atoms with Crippen molar-refractivity contribution in [2.45, 2.75) is 84.2 Å². The fourth-order valence-corrected chi connectivity index (χ4v) is 2.66.